The first kappa shape index (κ1) is 23.1. The molecule has 1 fully saturated rings. The van der Waals surface area contributed by atoms with Gasteiger partial charge in [-0.1, -0.05) is 23.7 Å². The fourth-order valence-corrected chi connectivity index (χ4v) is 4.70. The van der Waals surface area contributed by atoms with E-state index in [0.29, 0.717) is 33.9 Å². The Hall–Kier alpha value is -3.68. The van der Waals surface area contributed by atoms with Crippen LogP contribution in [0, 0.1) is 6.92 Å². The molecule has 5 rings (SSSR count). The van der Waals surface area contributed by atoms with E-state index in [-0.39, 0.29) is 16.8 Å². The Morgan fingerprint density at radius 2 is 1.89 bits per heavy atom. The van der Waals surface area contributed by atoms with Crippen LogP contribution in [0.3, 0.4) is 0 Å². The maximum atomic E-state index is 12.9. The monoisotopic (exact) mass is 506 g/mol. The van der Waals surface area contributed by atoms with Crippen molar-refractivity contribution in [2.24, 2.45) is 10.2 Å². The van der Waals surface area contributed by atoms with Gasteiger partial charge in [0.2, 0.25) is 5.91 Å². The predicted octanol–water partition coefficient (Wildman–Crippen LogP) is 7.02. The second-order valence-corrected chi connectivity index (χ2v) is 9.02. The highest BCUT2D eigenvalue weighted by atomic mass is 35.5. The van der Waals surface area contributed by atoms with E-state index in [1.54, 1.807) is 19.2 Å². The molecule has 2 atom stereocenters. The number of methoxy groups -OCH3 is 1. The van der Waals surface area contributed by atoms with Crippen molar-refractivity contribution in [3.05, 3.63) is 83.0 Å². The van der Waals surface area contributed by atoms with E-state index in [1.807, 2.05) is 49.4 Å². The van der Waals surface area contributed by atoms with Gasteiger partial charge in [-0.3, -0.25) is 9.69 Å². The van der Waals surface area contributed by atoms with Crippen molar-refractivity contribution >= 4 is 57.1 Å². The second-order valence-electron chi connectivity index (χ2n) is 8.19. The number of hydrogen-bond donors (Lipinski definition) is 1. The summed E-state index contributed by atoms with van der Waals surface area (Å²) in [4.78, 5) is 18.9. The maximum absolute atomic E-state index is 12.9. The first-order valence-electron chi connectivity index (χ1n) is 10.8. The number of β-lactam (4-membered cyclic amide) rings is 1. The molecule has 2 heterocycles. The molecule has 0 bridgehead atoms. The Morgan fingerprint density at radius 3 is 2.66 bits per heavy atom. The van der Waals surface area contributed by atoms with Gasteiger partial charge in [0, 0.05) is 23.1 Å². The Balaban J connectivity index is 1.56. The van der Waals surface area contributed by atoms with Gasteiger partial charge >= 0.3 is 0 Å². The summed E-state index contributed by atoms with van der Waals surface area (Å²) in [5.41, 5.74) is 3.75. The van der Waals surface area contributed by atoms with Crippen LogP contribution in [0.25, 0.3) is 10.9 Å². The van der Waals surface area contributed by atoms with Gasteiger partial charge < -0.3 is 9.84 Å². The summed E-state index contributed by atoms with van der Waals surface area (Å²) in [7, 11) is 1.58. The predicted molar refractivity (Wildman–Crippen MR) is 137 cm³/mol. The van der Waals surface area contributed by atoms with Crippen LogP contribution in [-0.4, -0.2) is 28.5 Å². The summed E-state index contributed by atoms with van der Waals surface area (Å²) in [5.74, 6) is 0.307. The van der Waals surface area contributed by atoms with Crippen molar-refractivity contribution in [3.63, 3.8) is 0 Å². The average molecular weight is 507 g/mol. The maximum Gasteiger partial charge on any atom is 0.248 e. The number of fused-ring (bicyclic) bond motifs is 1. The number of phenolic OH excluding ortho intramolecular Hbond substituents is 1. The average Bonchev–Trinajstić information content (AvgIpc) is 2.85. The number of azo groups is 1. The van der Waals surface area contributed by atoms with Crippen LogP contribution < -0.4 is 9.64 Å². The van der Waals surface area contributed by atoms with Gasteiger partial charge in [-0.2, -0.15) is 5.11 Å². The molecule has 0 aliphatic carbocycles. The number of amides is 1. The zero-order valence-corrected chi connectivity index (χ0v) is 20.3. The Bertz CT molecular complexity index is 1490. The van der Waals surface area contributed by atoms with Gasteiger partial charge in [0.1, 0.15) is 27.7 Å². The van der Waals surface area contributed by atoms with Crippen LogP contribution in [0.2, 0.25) is 5.15 Å². The third kappa shape index (κ3) is 4.29. The number of rotatable bonds is 5. The largest absolute Gasteiger partial charge is 0.508 e. The van der Waals surface area contributed by atoms with E-state index in [0.717, 1.165) is 10.9 Å². The van der Waals surface area contributed by atoms with Crippen molar-refractivity contribution in [1.82, 2.24) is 4.98 Å². The zero-order valence-electron chi connectivity index (χ0n) is 18.8. The van der Waals surface area contributed by atoms with Gasteiger partial charge in [-0.05, 0) is 55.0 Å². The zero-order chi connectivity index (χ0) is 24.7. The highest BCUT2D eigenvalue weighted by Gasteiger charge is 2.50. The minimum absolute atomic E-state index is 0.0195. The van der Waals surface area contributed by atoms with Gasteiger partial charge in [-0.15, -0.1) is 16.7 Å². The number of benzene rings is 3. The summed E-state index contributed by atoms with van der Waals surface area (Å²) in [6.45, 7) is 1.96. The number of carbonyl (C=O) groups excluding carboxylic acids is 1. The van der Waals surface area contributed by atoms with E-state index in [9.17, 15) is 9.90 Å². The molecule has 9 heteroatoms. The number of aromatic nitrogens is 1. The number of phenols is 1. The van der Waals surface area contributed by atoms with Crippen LogP contribution in [0.5, 0.6) is 11.5 Å². The van der Waals surface area contributed by atoms with Crippen molar-refractivity contribution < 1.29 is 14.6 Å². The molecule has 0 radical (unpaired) electrons. The third-order valence-electron chi connectivity index (χ3n) is 5.85. The number of ether oxygens (including phenoxy) is 1. The summed E-state index contributed by atoms with van der Waals surface area (Å²) >= 11 is 13.0. The van der Waals surface area contributed by atoms with E-state index in [2.05, 4.69) is 15.2 Å². The molecule has 35 heavy (non-hydrogen) atoms. The highest BCUT2D eigenvalue weighted by molar-refractivity contribution is 6.38. The first-order chi connectivity index (χ1) is 16.9. The molecule has 0 spiro atoms. The highest BCUT2D eigenvalue weighted by Crippen LogP contribution is 2.48. The number of alkyl halides is 1. The third-order valence-corrected chi connectivity index (χ3v) is 6.57. The Kier molecular flexibility index (Phi) is 6.05. The Labute approximate surface area is 211 Å². The van der Waals surface area contributed by atoms with Crippen molar-refractivity contribution in [3.8, 4) is 11.5 Å². The summed E-state index contributed by atoms with van der Waals surface area (Å²) < 4.78 is 5.26. The van der Waals surface area contributed by atoms with E-state index < -0.39 is 11.4 Å². The van der Waals surface area contributed by atoms with Crippen LogP contribution in [0.15, 0.2) is 77.0 Å². The standard InChI is InChI=1S/C26H20Cl2N4O3/c1-14-4-3-5-16(10-14)30-31-20-9-7-17(33)12-22(20)32-24(23(27)26(32)34)19-11-15-6-8-18(35-2)13-21(15)29-25(19)28/h3-13,23-24,33H,1-2H3. The van der Waals surface area contributed by atoms with Crippen molar-refractivity contribution in [2.45, 2.75) is 18.3 Å². The lowest BCUT2D eigenvalue weighted by molar-refractivity contribution is -0.123. The van der Waals surface area contributed by atoms with E-state index in [1.165, 1.54) is 17.0 Å². The van der Waals surface area contributed by atoms with E-state index >= 15 is 0 Å². The fraction of sp³-hybridized carbons (Fsp3) is 0.154. The normalized spacial score (nSPS) is 17.7. The van der Waals surface area contributed by atoms with Crippen LogP contribution >= 0.6 is 23.2 Å². The molecule has 176 valence electrons. The number of halogens is 2. The van der Waals surface area contributed by atoms with E-state index in [4.69, 9.17) is 27.9 Å². The molecule has 7 nitrogen and oxygen atoms in total. The number of nitrogens with zero attached hydrogens (tertiary/aromatic N) is 4. The number of aromatic hydroxyl groups is 1. The minimum Gasteiger partial charge on any atom is -0.508 e. The SMILES string of the molecule is COc1ccc2cc(C3C(Cl)C(=O)N3c3cc(O)ccc3N=Nc3cccc(C)c3)c(Cl)nc2c1. The first-order valence-corrected chi connectivity index (χ1v) is 11.6. The summed E-state index contributed by atoms with van der Waals surface area (Å²) in [6, 6.07) is 18.9. The van der Waals surface area contributed by atoms with Crippen LogP contribution in [-0.2, 0) is 4.79 Å². The molecule has 1 aliphatic rings. The number of anilines is 1. The molecule has 2 unspecified atom stereocenters. The molecule has 1 N–H and O–H groups in total. The molecule has 1 aliphatic heterocycles. The molecule has 3 aromatic carbocycles. The van der Waals surface area contributed by atoms with Crippen molar-refractivity contribution in [2.75, 3.05) is 12.0 Å². The van der Waals surface area contributed by atoms with Crippen LogP contribution in [0.1, 0.15) is 17.2 Å². The fourth-order valence-electron chi connectivity index (χ4n) is 4.08. The molecular formula is C26H20Cl2N4O3. The number of carbonyl (C=O) groups is 1. The van der Waals surface area contributed by atoms with Gasteiger partial charge in [-0.25, -0.2) is 4.98 Å². The number of pyridine rings is 1. The summed E-state index contributed by atoms with van der Waals surface area (Å²) in [5, 5.41) is 19.0. The lowest BCUT2D eigenvalue weighted by Gasteiger charge is -2.44. The number of aryl methyl sites for hydroxylation is 1. The van der Waals surface area contributed by atoms with Gasteiger partial charge in [0.05, 0.1) is 30.0 Å². The lowest BCUT2D eigenvalue weighted by Crippen LogP contribution is -2.56. The molecule has 1 aromatic heterocycles. The van der Waals surface area contributed by atoms with Gasteiger partial charge in [0.15, 0.2) is 0 Å². The molecule has 1 amide bonds. The molecular weight excluding hydrogens is 487 g/mol. The quantitative estimate of drug-likeness (QED) is 0.136. The molecule has 0 saturated carbocycles. The molecule has 1 saturated heterocycles. The second kappa shape index (κ2) is 9.17. The topological polar surface area (TPSA) is 87.4 Å². The smallest absolute Gasteiger partial charge is 0.248 e. The molecule has 4 aromatic rings. The lowest BCUT2D eigenvalue weighted by atomic mass is 9.92. The Morgan fingerprint density at radius 1 is 1.06 bits per heavy atom. The minimum atomic E-state index is -0.853. The number of hydrogen-bond acceptors (Lipinski definition) is 6. The summed E-state index contributed by atoms with van der Waals surface area (Å²) in [6.07, 6.45) is 0. The van der Waals surface area contributed by atoms with Crippen LogP contribution in [0.4, 0.5) is 17.1 Å². The van der Waals surface area contributed by atoms with Gasteiger partial charge in [0.25, 0.3) is 0 Å². The van der Waals surface area contributed by atoms with Crippen molar-refractivity contribution in [1.29, 1.82) is 0 Å².